The maximum absolute atomic E-state index is 13.9. The number of allylic oxidation sites excluding steroid dienone is 1. The van der Waals surface area contributed by atoms with E-state index in [4.69, 9.17) is 9.47 Å². The molecule has 5 rings (SSSR count). The number of ether oxygens (including phenoxy) is 2. The number of benzene rings is 3. The molecule has 1 heterocycles. The van der Waals surface area contributed by atoms with Crippen LogP contribution in [0, 0.1) is 11.3 Å². The molecule has 0 spiro atoms. The third-order valence-electron chi connectivity index (χ3n) is 7.50. The summed E-state index contributed by atoms with van der Waals surface area (Å²) >= 11 is 0. The number of methoxy groups -OCH3 is 2. The SMILES string of the molecule is COc1ccc(-c2ccc(OC)c([C@H]3[C@@H]4C=CCC[C@@]4(C)C(=O)N3Cc3ccccc3)c2)cc1. The van der Waals surface area contributed by atoms with E-state index >= 15 is 0 Å². The van der Waals surface area contributed by atoms with E-state index < -0.39 is 5.41 Å². The van der Waals surface area contributed by atoms with E-state index in [0.717, 1.165) is 46.6 Å². The smallest absolute Gasteiger partial charge is 0.230 e. The Kier molecular flexibility index (Phi) is 5.91. The lowest BCUT2D eigenvalue weighted by Crippen LogP contribution is -2.34. The molecule has 1 aliphatic heterocycles. The highest BCUT2D eigenvalue weighted by Gasteiger charge is 2.56. The van der Waals surface area contributed by atoms with Crippen LogP contribution < -0.4 is 9.47 Å². The van der Waals surface area contributed by atoms with E-state index in [0.29, 0.717) is 6.54 Å². The van der Waals surface area contributed by atoms with Crippen LogP contribution in [-0.4, -0.2) is 25.0 Å². The molecule has 2 aliphatic rings. The molecule has 0 saturated carbocycles. The van der Waals surface area contributed by atoms with Crippen molar-refractivity contribution in [2.24, 2.45) is 11.3 Å². The predicted molar refractivity (Wildman–Crippen MR) is 135 cm³/mol. The first-order valence-electron chi connectivity index (χ1n) is 11.9. The number of hydrogen-bond acceptors (Lipinski definition) is 3. The highest BCUT2D eigenvalue weighted by Crippen LogP contribution is 2.56. The maximum Gasteiger partial charge on any atom is 0.230 e. The van der Waals surface area contributed by atoms with Crippen molar-refractivity contribution in [3.8, 4) is 22.6 Å². The van der Waals surface area contributed by atoms with Gasteiger partial charge in [-0.15, -0.1) is 0 Å². The summed E-state index contributed by atoms with van der Waals surface area (Å²) in [6.45, 7) is 2.72. The van der Waals surface area contributed by atoms with Gasteiger partial charge >= 0.3 is 0 Å². The quantitative estimate of drug-likeness (QED) is 0.404. The van der Waals surface area contributed by atoms with Crippen LogP contribution in [-0.2, 0) is 11.3 Å². The number of amides is 1. The van der Waals surface area contributed by atoms with Gasteiger partial charge in [0.05, 0.1) is 25.7 Å². The third-order valence-corrected chi connectivity index (χ3v) is 7.50. The fourth-order valence-electron chi connectivity index (χ4n) is 5.60. The number of hydrogen-bond donors (Lipinski definition) is 0. The molecular formula is C30H31NO3. The molecule has 0 aromatic heterocycles. The Balaban J connectivity index is 1.62. The van der Waals surface area contributed by atoms with Gasteiger partial charge < -0.3 is 14.4 Å². The van der Waals surface area contributed by atoms with E-state index in [1.807, 2.05) is 36.4 Å². The number of likely N-dealkylation sites (tertiary alicyclic amines) is 1. The van der Waals surface area contributed by atoms with Gasteiger partial charge in [0.15, 0.2) is 0 Å². The summed E-state index contributed by atoms with van der Waals surface area (Å²) in [5, 5.41) is 0. The molecule has 34 heavy (non-hydrogen) atoms. The van der Waals surface area contributed by atoms with Gasteiger partial charge in [-0.25, -0.2) is 0 Å². The average Bonchev–Trinajstić information content (AvgIpc) is 3.10. The minimum absolute atomic E-state index is 0.0949. The maximum atomic E-state index is 13.9. The summed E-state index contributed by atoms with van der Waals surface area (Å²) in [6.07, 6.45) is 6.30. The molecule has 4 nitrogen and oxygen atoms in total. The van der Waals surface area contributed by atoms with E-state index in [1.165, 1.54) is 0 Å². The van der Waals surface area contributed by atoms with Crippen LogP contribution in [0.5, 0.6) is 11.5 Å². The van der Waals surface area contributed by atoms with Gasteiger partial charge in [0.25, 0.3) is 0 Å². The van der Waals surface area contributed by atoms with E-state index in [9.17, 15) is 4.79 Å². The van der Waals surface area contributed by atoms with Crippen LogP contribution in [0.1, 0.15) is 36.9 Å². The molecule has 3 aromatic carbocycles. The first kappa shape index (κ1) is 22.3. The second kappa shape index (κ2) is 9.02. The summed E-state index contributed by atoms with van der Waals surface area (Å²) < 4.78 is 11.2. The topological polar surface area (TPSA) is 38.8 Å². The van der Waals surface area contributed by atoms with Crippen molar-refractivity contribution in [3.05, 3.63) is 96.1 Å². The zero-order valence-corrected chi connectivity index (χ0v) is 20.0. The van der Waals surface area contributed by atoms with Gasteiger partial charge in [0.2, 0.25) is 5.91 Å². The molecule has 0 N–H and O–H groups in total. The molecule has 1 saturated heterocycles. The molecule has 1 aliphatic carbocycles. The van der Waals surface area contributed by atoms with Crippen LogP contribution >= 0.6 is 0 Å². The molecule has 174 valence electrons. The number of carbonyl (C=O) groups is 1. The Morgan fingerprint density at radius 1 is 0.941 bits per heavy atom. The summed E-state index contributed by atoms with van der Waals surface area (Å²) in [4.78, 5) is 16.0. The minimum Gasteiger partial charge on any atom is -0.497 e. The molecule has 0 radical (unpaired) electrons. The number of rotatable bonds is 6. The second-order valence-corrected chi connectivity index (χ2v) is 9.46. The highest BCUT2D eigenvalue weighted by molar-refractivity contribution is 5.87. The van der Waals surface area contributed by atoms with Crippen molar-refractivity contribution in [1.82, 2.24) is 4.90 Å². The molecule has 3 aromatic rings. The zero-order chi connectivity index (χ0) is 23.7. The minimum atomic E-state index is -0.407. The normalized spacial score (nSPS) is 23.6. The first-order valence-corrected chi connectivity index (χ1v) is 11.9. The molecule has 1 fully saturated rings. The molecule has 3 atom stereocenters. The van der Waals surface area contributed by atoms with E-state index in [2.05, 4.69) is 60.4 Å². The van der Waals surface area contributed by atoms with Gasteiger partial charge in [-0.05, 0) is 53.8 Å². The van der Waals surface area contributed by atoms with Crippen molar-refractivity contribution in [1.29, 1.82) is 0 Å². The number of nitrogens with zero attached hydrogens (tertiary/aromatic N) is 1. The lowest BCUT2D eigenvalue weighted by atomic mass is 9.69. The monoisotopic (exact) mass is 453 g/mol. The Morgan fingerprint density at radius 2 is 1.68 bits per heavy atom. The Hall–Kier alpha value is -3.53. The average molecular weight is 454 g/mol. The molecule has 0 unspecified atom stereocenters. The summed E-state index contributed by atoms with van der Waals surface area (Å²) in [5.41, 5.74) is 3.98. The summed E-state index contributed by atoms with van der Waals surface area (Å²) in [5.74, 6) is 1.97. The molecule has 1 amide bonds. The largest absolute Gasteiger partial charge is 0.497 e. The van der Waals surface area contributed by atoms with Gasteiger partial charge in [0.1, 0.15) is 11.5 Å². The summed E-state index contributed by atoms with van der Waals surface area (Å²) in [6, 6.07) is 24.6. The Morgan fingerprint density at radius 3 is 2.38 bits per heavy atom. The van der Waals surface area contributed by atoms with Crippen molar-refractivity contribution in [2.45, 2.75) is 32.4 Å². The standard InChI is InChI=1S/C30H31NO3/c1-30-18-8-7-11-26(30)28(31(29(30)32)20-21-9-5-4-6-10-21)25-19-23(14-17-27(25)34-3)22-12-15-24(33-2)16-13-22/h4-7,9-17,19,26,28H,8,18,20H2,1-3H3/t26-,28-,30+/m0/s1. The van der Waals surface area contributed by atoms with E-state index in [1.54, 1.807) is 14.2 Å². The van der Waals surface area contributed by atoms with Crippen molar-refractivity contribution in [3.63, 3.8) is 0 Å². The zero-order valence-electron chi connectivity index (χ0n) is 20.0. The lowest BCUT2D eigenvalue weighted by Gasteiger charge is -2.32. The van der Waals surface area contributed by atoms with Crippen LogP contribution in [0.15, 0.2) is 84.9 Å². The highest BCUT2D eigenvalue weighted by atomic mass is 16.5. The van der Waals surface area contributed by atoms with Crippen LogP contribution in [0.3, 0.4) is 0 Å². The van der Waals surface area contributed by atoms with Gasteiger partial charge in [-0.3, -0.25) is 4.79 Å². The number of fused-ring (bicyclic) bond motifs is 1. The lowest BCUT2D eigenvalue weighted by molar-refractivity contribution is -0.137. The van der Waals surface area contributed by atoms with Crippen LogP contribution in [0.4, 0.5) is 0 Å². The van der Waals surface area contributed by atoms with Crippen molar-refractivity contribution >= 4 is 5.91 Å². The van der Waals surface area contributed by atoms with Gasteiger partial charge in [-0.2, -0.15) is 0 Å². The Labute approximate surface area is 201 Å². The van der Waals surface area contributed by atoms with Crippen LogP contribution in [0.25, 0.3) is 11.1 Å². The Bertz CT molecular complexity index is 1200. The number of carbonyl (C=O) groups excluding carboxylic acids is 1. The second-order valence-electron chi connectivity index (χ2n) is 9.46. The molecular weight excluding hydrogens is 422 g/mol. The fourth-order valence-corrected chi connectivity index (χ4v) is 5.60. The summed E-state index contributed by atoms with van der Waals surface area (Å²) in [7, 11) is 3.38. The van der Waals surface area contributed by atoms with Crippen molar-refractivity contribution in [2.75, 3.05) is 14.2 Å². The van der Waals surface area contributed by atoms with Crippen LogP contribution in [0.2, 0.25) is 0 Å². The van der Waals surface area contributed by atoms with Crippen molar-refractivity contribution < 1.29 is 14.3 Å². The predicted octanol–water partition coefficient (Wildman–Crippen LogP) is 6.43. The fraction of sp³-hybridized carbons (Fsp3) is 0.300. The molecule has 4 heteroatoms. The van der Waals surface area contributed by atoms with Gasteiger partial charge in [0, 0.05) is 18.0 Å². The molecule has 0 bridgehead atoms. The third kappa shape index (κ3) is 3.77. The first-order chi connectivity index (χ1) is 16.5. The van der Waals surface area contributed by atoms with E-state index in [-0.39, 0.29) is 17.9 Å². The van der Waals surface area contributed by atoms with Gasteiger partial charge in [-0.1, -0.05) is 67.6 Å².